The molecule has 1 aliphatic rings. The van der Waals surface area contributed by atoms with Gasteiger partial charge in [0, 0.05) is 11.3 Å². The van der Waals surface area contributed by atoms with Crippen molar-refractivity contribution < 1.29 is 5.32 Å². The van der Waals surface area contributed by atoms with E-state index in [1.165, 1.54) is 30.7 Å². The molecule has 0 spiro atoms. The zero-order valence-corrected chi connectivity index (χ0v) is 8.36. The molecule has 0 saturated carbocycles. The van der Waals surface area contributed by atoms with Gasteiger partial charge in [0.05, 0.1) is 11.4 Å². The van der Waals surface area contributed by atoms with E-state index >= 15 is 0 Å². The maximum atomic E-state index is 2.49. The van der Waals surface area contributed by atoms with Crippen LogP contribution in [0.2, 0.25) is 0 Å². The average Bonchev–Trinajstić information content (AvgIpc) is 2.54. The van der Waals surface area contributed by atoms with Crippen LogP contribution in [-0.2, 0) is 0 Å². The molecule has 1 atom stereocenters. The second-order valence-electron chi connectivity index (χ2n) is 3.58. The van der Waals surface area contributed by atoms with Crippen molar-refractivity contribution in [2.75, 3.05) is 6.54 Å². The Balaban J connectivity index is 2.08. The third-order valence-electron chi connectivity index (χ3n) is 2.55. The number of piperidine rings is 1. The van der Waals surface area contributed by atoms with Crippen molar-refractivity contribution in [3.8, 4) is 0 Å². The van der Waals surface area contributed by atoms with E-state index in [9.17, 15) is 0 Å². The van der Waals surface area contributed by atoms with Crippen molar-refractivity contribution in [1.82, 2.24) is 0 Å². The van der Waals surface area contributed by atoms with Gasteiger partial charge in [-0.1, -0.05) is 0 Å². The SMILES string of the molecule is Cc1ccc([C@@H]2CCCC[NH2+]2)s1. The van der Waals surface area contributed by atoms with Crippen LogP contribution in [0.15, 0.2) is 12.1 Å². The Morgan fingerprint density at radius 3 is 2.92 bits per heavy atom. The highest BCUT2D eigenvalue weighted by atomic mass is 32.1. The smallest absolute Gasteiger partial charge is 0.121 e. The first-order valence-corrected chi connectivity index (χ1v) is 5.57. The van der Waals surface area contributed by atoms with Gasteiger partial charge in [-0.15, -0.1) is 11.3 Å². The first-order valence-electron chi connectivity index (χ1n) is 4.76. The molecule has 1 aromatic rings. The van der Waals surface area contributed by atoms with Crippen molar-refractivity contribution in [2.24, 2.45) is 0 Å². The van der Waals surface area contributed by atoms with Crippen LogP contribution in [0.4, 0.5) is 0 Å². The molecule has 66 valence electrons. The summed E-state index contributed by atoms with van der Waals surface area (Å²) in [6.07, 6.45) is 4.19. The van der Waals surface area contributed by atoms with Crippen molar-refractivity contribution in [1.29, 1.82) is 0 Å². The lowest BCUT2D eigenvalue weighted by Gasteiger charge is -2.18. The molecule has 2 heterocycles. The van der Waals surface area contributed by atoms with Crippen LogP contribution < -0.4 is 5.32 Å². The normalized spacial score (nSPS) is 24.2. The summed E-state index contributed by atoms with van der Waals surface area (Å²) in [4.78, 5) is 3.02. The zero-order chi connectivity index (χ0) is 8.39. The lowest BCUT2D eigenvalue weighted by molar-refractivity contribution is -0.703. The Kier molecular flexibility index (Phi) is 2.47. The highest BCUT2D eigenvalue weighted by molar-refractivity contribution is 7.11. The monoisotopic (exact) mass is 182 g/mol. The predicted molar refractivity (Wildman–Crippen MR) is 52.4 cm³/mol. The molecular formula is C10H16NS+. The van der Waals surface area contributed by atoms with E-state index in [1.54, 1.807) is 4.88 Å². The lowest BCUT2D eigenvalue weighted by atomic mass is 10.0. The summed E-state index contributed by atoms with van der Waals surface area (Å²) in [5.74, 6) is 0. The summed E-state index contributed by atoms with van der Waals surface area (Å²) in [7, 11) is 0. The predicted octanol–water partition coefficient (Wildman–Crippen LogP) is 1.84. The van der Waals surface area contributed by atoms with Crippen LogP contribution in [0.1, 0.15) is 35.1 Å². The van der Waals surface area contributed by atoms with Crippen LogP contribution in [0, 0.1) is 6.92 Å². The van der Waals surface area contributed by atoms with Gasteiger partial charge in [0.25, 0.3) is 0 Å². The van der Waals surface area contributed by atoms with E-state index in [2.05, 4.69) is 24.4 Å². The van der Waals surface area contributed by atoms with Gasteiger partial charge in [-0.05, 0) is 31.9 Å². The highest BCUT2D eigenvalue weighted by Gasteiger charge is 2.19. The number of hydrogen-bond donors (Lipinski definition) is 1. The fourth-order valence-corrected chi connectivity index (χ4v) is 2.87. The molecule has 1 aromatic heterocycles. The minimum Gasteiger partial charge on any atom is -0.339 e. The zero-order valence-electron chi connectivity index (χ0n) is 7.55. The molecule has 1 fully saturated rings. The third kappa shape index (κ3) is 1.70. The molecule has 0 amide bonds. The van der Waals surface area contributed by atoms with Crippen molar-refractivity contribution in [2.45, 2.75) is 32.2 Å². The standard InChI is InChI=1S/C10H15NS/c1-8-5-6-10(12-8)9-4-2-3-7-11-9/h5-6,9,11H,2-4,7H2,1H3/p+1/t9-/m0/s1. The third-order valence-corrected chi connectivity index (χ3v) is 3.68. The Labute approximate surface area is 77.8 Å². The van der Waals surface area contributed by atoms with Gasteiger partial charge in [-0.25, -0.2) is 0 Å². The number of nitrogens with two attached hydrogens (primary N) is 1. The van der Waals surface area contributed by atoms with Gasteiger partial charge in [-0.3, -0.25) is 0 Å². The molecule has 1 nitrogen and oxygen atoms in total. The molecule has 0 aliphatic carbocycles. The summed E-state index contributed by atoms with van der Waals surface area (Å²) < 4.78 is 0. The Morgan fingerprint density at radius 1 is 1.42 bits per heavy atom. The lowest BCUT2D eigenvalue weighted by Crippen LogP contribution is -2.86. The number of rotatable bonds is 1. The Morgan fingerprint density at radius 2 is 2.33 bits per heavy atom. The van der Waals surface area contributed by atoms with Crippen LogP contribution in [0.5, 0.6) is 0 Å². The molecule has 2 N–H and O–H groups in total. The minimum absolute atomic E-state index is 0.775. The maximum Gasteiger partial charge on any atom is 0.121 e. The first-order chi connectivity index (χ1) is 5.86. The van der Waals surface area contributed by atoms with E-state index in [0.717, 1.165) is 6.04 Å². The van der Waals surface area contributed by atoms with Gasteiger partial charge >= 0.3 is 0 Å². The molecule has 0 radical (unpaired) electrons. The molecule has 2 rings (SSSR count). The summed E-state index contributed by atoms with van der Waals surface area (Å²) in [5.41, 5.74) is 0. The van der Waals surface area contributed by atoms with Crippen molar-refractivity contribution >= 4 is 11.3 Å². The molecule has 1 aliphatic heterocycles. The van der Waals surface area contributed by atoms with Gasteiger partial charge in [0.1, 0.15) is 6.04 Å². The highest BCUT2D eigenvalue weighted by Crippen LogP contribution is 2.24. The summed E-state index contributed by atoms with van der Waals surface area (Å²) in [6, 6.07) is 5.31. The van der Waals surface area contributed by atoms with Gasteiger partial charge in [-0.2, -0.15) is 0 Å². The van der Waals surface area contributed by atoms with E-state index < -0.39 is 0 Å². The second-order valence-corrected chi connectivity index (χ2v) is 4.89. The molecule has 0 aromatic carbocycles. The molecular weight excluding hydrogens is 166 g/mol. The van der Waals surface area contributed by atoms with Gasteiger partial charge < -0.3 is 5.32 Å². The summed E-state index contributed by atoms with van der Waals surface area (Å²) in [6.45, 7) is 3.51. The molecule has 1 saturated heterocycles. The van der Waals surface area contributed by atoms with Crippen LogP contribution >= 0.6 is 11.3 Å². The Bertz CT molecular complexity index is 248. The fraction of sp³-hybridized carbons (Fsp3) is 0.600. The quantitative estimate of drug-likeness (QED) is 0.682. The van der Waals surface area contributed by atoms with Gasteiger partial charge in [0.2, 0.25) is 0 Å². The van der Waals surface area contributed by atoms with Crippen LogP contribution in [-0.4, -0.2) is 6.54 Å². The van der Waals surface area contributed by atoms with E-state index in [0.29, 0.717) is 0 Å². The second kappa shape index (κ2) is 3.58. The van der Waals surface area contributed by atoms with Crippen LogP contribution in [0.3, 0.4) is 0 Å². The first kappa shape index (κ1) is 8.27. The number of quaternary nitrogens is 1. The minimum atomic E-state index is 0.775. The number of aryl methyl sites for hydroxylation is 1. The van der Waals surface area contributed by atoms with E-state index in [-0.39, 0.29) is 0 Å². The van der Waals surface area contributed by atoms with Crippen molar-refractivity contribution in [3.05, 3.63) is 21.9 Å². The largest absolute Gasteiger partial charge is 0.339 e. The fourth-order valence-electron chi connectivity index (χ4n) is 1.86. The topological polar surface area (TPSA) is 16.6 Å². The van der Waals surface area contributed by atoms with Gasteiger partial charge in [0.15, 0.2) is 0 Å². The van der Waals surface area contributed by atoms with E-state index in [1.807, 2.05) is 11.3 Å². The summed E-state index contributed by atoms with van der Waals surface area (Å²) >= 11 is 1.96. The molecule has 2 heteroatoms. The maximum absolute atomic E-state index is 2.49. The van der Waals surface area contributed by atoms with Crippen molar-refractivity contribution in [3.63, 3.8) is 0 Å². The number of hydrogen-bond acceptors (Lipinski definition) is 1. The average molecular weight is 182 g/mol. The Hall–Kier alpha value is -0.340. The van der Waals surface area contributed by atoms with Crippen LogP contribution in [0.25, 0.3) is 0 Å². The van der Waals surface area contributed by atoms with E-state index in [4.69, 9.17) is 0 Å². The molecule has 0 bridgehead atoms. The number of thiophene rings is 1. The molecule has 0 unspecified atom stereocenters. The molecule has 12 heavy (non-hydrogen) atoms. The summed E-state index contributed by atoms with van der Waals surface area (Å²) in [5, 5.41) is 2.49.